The van der Waals surface area contributed by atoms with Crippen molar-refractivity contribution in [2.24, 2.45) is 0 Å². The summed E-state index contributed by atoms with van der Waals surface area (Å²) in [6, 6.07) is 10.6. The molecule has 0 aromatic heterocycles. The summed E-state index contributed by atoms with van der Waals surface area (Å²) >= 11 is 6.51. The van der Waals surface area contributed by atoms with Crippen molar-refractivity contribution in [1.29, 1.82) is 0 Å². The SMILES string of the molecule is COC(=O)C(=Cc1cc(Br)cc(Br)c1OS(=O)(=O)c1ccccc1)C(=O)OC. The molecule has 0 spiro atoms. The fourth-order valence-corrected chi connectivity index (χ4v) is 4.54. The number of carbonyl (C=O) groups is 2. The van der Waals surface area contributed by atoms with Gasteiger partial charge < -0.3 is 13.7 Å². The number of carbonyl (C=O) groups excluding carboxylic acids is 2. The normalized spacial score (nSPS) is 10.7. The fraction of sp³-hybridized carbons (Fsp3) is 0.111. The lowest BCUT2D eigenvalue weighted by molar-refractivity contribution is -0.143. The van der Waals surface area contributed by atoms with E-state index >= 15 is 0 Å². The van der Waals surface area contributed by atoms with Crippen molar-refractivity contribution in [3.05, 3.63) is 62.5 Å². The van der Waals surface area contributed by atoms with E-state index in [0.29, 0.717) is 4.47 Å². The first-order valence-corrected chi connectivity index (χ1v) is 10.6. The average Bonchev–Trinajstić information content (AvgIpc) is 2.68. The maximum Gasteiger partial charge on any atom is 0.345 e. The first kappa shape index (κ1) is 22.1. The van der Waals surface area contributed by atoms with Crippen LogP contribution < -0.4 is 4.18 Å². The van der Waals surface area contributed by atoms with Crippen molar-refractivity contribution >= 4 is 60.0 Å². The minimum Gasteiger partial charge on any atom is -0.465 e. The number of methoxy groups -OCH3 is 2. The largest absolute Gasteiger partial charge is 0.465 e. The minimum atomic E-state index is -4.17. The first-order chi connectivity index (χ1) is 13.2. The van der Waals surface area contributed by atoms with Gasteiger partial charge in [-0.2, -0.15) is 8.42 Å². The molecule has 0 bridgehead atoms. The van der Waals surface area contributed by atoms with Gasteiger partial charge in [-0.15, -0.1) is 0 Å². The second-order valence-electron chi connectivity index (χ2n) is 5.20. The molecule has 0 fully saturated rings. The predicted molar refractivity (Wildman–Crippen MR) is 108 cm³/mol. The van der Waals surface area contributed by atoms with E-state index in [9.17, 15) is 18.0 Å². The van der Waals surface area contributed by atoms with Crippen molar-refractivity contribution in [2.75, 3.05) is 14.2 Å². The van der Waals surface area contributed by atoms with Crippen LogP contribution in [0.2, 0.25) is 0 Å². The Balaban J connectivity index is 2.62. The number of esters is 2. The zero-order valence-corrected chi connectivity index (χ0v) is 18.6. The van der Waals surface area contributed by atoms with Gasteiger partial charge in [0.05, 0.1) is 18.7 Å². The van der Waals surface area contributed by atoms with E-state index < -0.39 is 27.6 Å². The van der Waals surface area contributed by atoms with E-state index in [1.54, 1.807) is 24.3 Å². The highest BCUT2D eigenvalue weighted by Crippen LogP contribution is 2.36. The number of benzene rings is 2. The monoisotopic (exact) mass is 532 g/mol. The number of hydrogen-bond acceptors (Lipinski definition) is 7. The van der Waals surface area contributed by atoms with Crippen LogP contribution in [-0.4, -0.2) is 34.6 Å². The van der Waals surface area contributed by atoms with Crippen LogP contribution >= 0.6 is 31.9 Å². The molecule has 0 amide bonds. The highest BCUT2D eigenvalue weighted by Gasteiger charge is 2.24. The molecule has 7 nitrogen and oxygen atoms in total. The molecule has 2 aromatic carbocycles. The van der Waals surface area contributed by atoms with Crippen LogP contribution in [0.4, 0.5) is 0 Å². The number of hydrogen-bond donors (Lipinski definition) is 0. The molecule has 28 heavy (non-hydrogen) atoms. The zero-order chi connectivity index (χ0) is 20.9. The van der Waals surface area contributed by atoms with Crippen LogP contribution in [0, 0.1) is 0 Å². The highest BCUT2D eigenvalue weighted by atomic mass is 79.9. The van der Waals surface area contributed by atoms with Gasteiger partial charge in [0.1, 0.15) is 10.5 Å². The van der Waals surface area contributed by atoms with Gasteiger partial charge in [-0.25, -0.2) is 9.59 Å². The Morgan fingerprint density at radius 3 is 2.07 bits per heavy atom. The molecule has 0 radical (unpaired) electrons. The first-order valence-electron chi connectivity index (χ1n) is 7.56. The van der Waals surface area contributed by atoms with Gasteiger partial charge in [-0.3, -0.25) is 0 Å². The molecule has 148 valence electrons. The van der Waals surface area contributed by atoms with Crippen molar-refractivity contribution in [3.63, 3.8) is 0 Å². The van der Waals surface area contributed by atoms with Crippen molar-refractivity contribution < 1.29 is 31.7 Å². The molecule has 0 N–H and O–H groups in total. The Kier molecular flexibility index (Phi) is 7.39. The quantitative estimate of drug-likeness (QED) is 0.183. The van der Waals surface area contributed by atoms with Gasteiger partial charge in [0.2, 0.25) is 0 Å². The van der Waals surface area contributed by atoms with E-state index in [1.165, 1.54) is 18.2 Å². The van der Waals surface area contributed by atoms with Gasteiger partial charge in [-0.05, 0) is 46.3 Å². The lowest BCUT2D eigenvalue weighted by Crippen LogP contribution is -2.16. The minimum absolute atomic E-state index is 0.0547. The summed E-state index contributed by atoms with van der Waals surface area (Å²) < 4.78 is 40.5. The summed E-state index contributed by atoms with van der Waals surface area (Å²) in [5, 5.41) is 0. The molecule has 0 aliphatic carbocycles. The third kappa shape index (κ3) is 5.21. The lowest BCUT2D eigenvalue weighted by Gasteiger charge is -2.13. The Morgan fingerprint density at radius 2 is 1.54 bits per heavy atom. The summed E-state index contributed by atoms with van der Waals surface area (Å²) in [6.07, 6.45) is 1.13. The summed E-state index contributed by atoms with van der Waals surface area (Å²) in [5.41, 5.74) is -0.302. The Labute approximate surface area is 178 Å². The highest BCUT2D eigenvalue weighted by molar-refractivity contribution is 9.11. The van der Waals surface area contributed by atoms with Crippen molar-refractivity contribution in [2.45, 2.75) is 4.90 Å². The molecule has 2 aromatic rings. The zero-order valence-electron chi connectivity index (χ0n) is 14.6. The van der Waals surface area contributed by atoms with Crippen LogP contribution in [0.5, 0.6) is 5.75 Å². The van der Waals surface area contributed by atoms with Gasteiger partial charge in [0, 0.05) is 10.0 Å². The van der Waals surface area contributed by atoms with Gasteiger partial charge in [-0.1, -0.05) is 34.1 Å². The molecule has 0 saturated carbocycles. The molecule has 0 aliphatic rings. The van der Waals surface area contributed by atoms with E-state index in [4.69, 9.17) is 4.18 Å². The molecule has 0 aliphatic heterocycles. The van der Waals surface area contributed by atoms with Crippen LogP contribution in [0.15, 0.2) is 61.9 Å². The molecule has 0 unspecified atom stereocenters. The van der Waals surface area contributed by atoms with Crippen LogP contribution in [0.1, 0.15) is 5.56 Å². The standard InChI is InChI=1S/C18H14Br2O7S/c1-25-17(21)14(18(22)26-2)9-11-8-12(19)10-15(20)16(11)27-28(23,24)13-6-4-3-5-7-13/h3-10H,1-2H3. The smallest absolute Gasteiger partial charge is 0.345 e. The summed E-state index contributed by atoms with van der Waals surface area (Å²) in [6.45, 7) is 0. The fourth-order valence-electron chi connectivity index (χ4n) is 2.10. The van der Waals surface area contributed by atoms with Crippen LogP contribution in [0.3, 0.4) is 0 Å². The van der Waals surface area contributed by atoms with Crippen LogP contribution in [0.25, 0.3) is 6.08 Å². The molecule has 10 heteroatoms. The second-order valence-corrected chi connectivity index (χ2v) is 8.51. The number of rotatable bonds is 6. The van der Waals surface area contributed by atoms with Gasteiger partial charge in [0.25, 0.3) is 0 Å². The predicted octanol–water partition coefficient (Wildman–Crippen LogP) is 3.71. The Morgan fingerprint density at radius 1 is 0.964 bits per heavy atom. The van der Waals surface area contributed by atoms with Gasteiger partial charge in [0.15, 0.2) is 5.75 Å². The molecule has 2 rings (SSSR count). The van der Waals surface area contributed by atoms with Crippen molar-refractivity contribution in [3.8, 4) is 5.75 Å². The van der Waals surface area contributed by atoms with E-state index in [2.05, 4.69) is 41.3 Å². The van der Waals surface area contributed by atoms with E-state index in [0.717, 1.165) is 20.3 Å². The summed E-state index contributed by atoms with van der Waals surface area (Å²) in [5.74, 6) is -2.00. The van der Waals surface area contributed by atoms with E-state index in [1.807, 2.05) is 0 Å². The molecular weight excluding hydrogens is 520 g/mol. The molecular formula is C18H14Br2O7S. The third-order valence-electron chi connectivity index (χ3n) is 3.37. The lowest BCUT2D eigenvalue weighted by atomic mass is 10.1. The average molecular weight is 534 g/mol. The molecule has 0 saturated heterocycles. The molecule has 0 atom stereocenters. The Bertz CT molecular complexity index is 1010. The van der Waals surface area contributed by atoms with Gasteiger partial charge >= 0.3 is 22.1 Å². The Hall–Kier alpha value is -2.17. The third-order valence-corrected chi connectivity index (χ3v) is 5.65. The maximum atomic E-state index is 12.6. The van der Waals surface area contributed by atoms with Crippen molar-refractivity contribution in [1.82, 2.24) is 0 Å². The summed E-state index contributed by atoms with van der Waals surface area (Å²) in [4.78, 5) is 23.8. The topological polar surface area (TPSA) is 96.0 Å². The van der Waals surface area contributed by atoms with E-state index in [-0.39, 0.29) is 20.7 Å². The van der Waals surface area contributed by atoms with Crippen LogP contribution in [-0.2, 0) is 29.2 Å². The number of halogens is 2. The second kappa shape index (κ2) is 9.35. The summed E-state index contributed by atoms with van der Waals surface area (Å²) in [7, 11) is -1.96. The maximum absolute atomic E-state index is 12.6. The molecule has 0 heterocycles. The number of ether oxygens (including phenoxy) is 2.